The predicted molar refractivity (Wildman–Crippen MR) is 106 cm³/mol. The smallest absolute Gasteiger partial charge is 0.214 e. The van der Waals surface area contributed by atoms with Crippen molar-refractivity contribution in [1.29, 1.82) is 0 Å². The van der Waals surface area contributed by atoms with E-state index in [0.717, 1.165) is 59.0 Å². The van der Waals surface area contributed by atoms with Gasteiger partial charge in [-0.2, -0.15) is 0 Å². The predicted octanol–water partition coefficient (Wildman–Crippen LogP) is 3.00. The SMILES string of the molecule is CCC(CO)N1CCN(c2nn3cc(-c4ccc(Cl)cc4)nc3s2)CC1. The second-order valence-corrected chi connectivity index (χ2v) is 7.88. The Balaban J connectivity index is 1.47. The summed E-state index contributed by atoms with van der Waals surface area (Å²) in [6.45, 7) is 6.12. The zero-order valence-corrected chi connectivity index (χ0v) is 16.2. The molecule has 0 saturated carbocycles. The van der Waals surface area contributed by atoms with Gasteiger partial charge in [-0.15, -0.1) is 5.10 Å². The van der Waals surface area contributed by atoms with Gasteiger partial charge < -0.3 is 10.0 Å². The molecule has 0 spiro atoms. The zero-order chi connectivity index (χ0) is 18.1. The van der Waals surface area contributed by atoms with Crippen molar-refractivity contribution < 1.29 is 5.11 Å². The van der Waals surface area contributed by atoms with Crippen molar-refractivity contribution >= 4 is 33.0 Å². The minimum Gasteiger partial charge on any atom is -0.395 e. The van der Waals surface area contributed by atoms with Crippen LogP contribution in [0.3, 0.4) is 0 Å². The molecule has 3 aromatic rings. The minimum atomic E-state index is 0.231. The summed E-state index contributed by atoms with van der Waals surface area (Å²) in [6, 6.07) is 7.96. The average molecular weight is 392 g/mol. The number of piperazine rings is 1. The number of hydrogen-bond acceptors (Lipinski definition) is 6. The van der Waals surface area contributed by atoms with Crippen LogP contribution >= 0.6 is 22.9 Å². The molecular formula is C18H22ClN5OS. The van der Waals surface area contributed by atoms with Crippen molar-refractivity contribution in [1.82, 2.24) is 19.5 Å². The first-order valence-corrected chi connectivity index (χ1v) is 10.1. The molecule has 3 heterocycles. The molecule has 0 radical (unpaired) electrons. The van der Waals surface area contributed by atoms with Crippen molar-refractivity contribution in [2.45, 2.75) is 19.4 Å². The lowest BCUT2D eigenvalue weighted by atomic mass is 10.2. The number of benzene rings is 1. The van der Waals surface area contributed by atoms with E-state index in [1.807, 2.05) is 35.0 Å². The average Bonchev–Trinajstić information content (AvgIpc) is 3.23. The maximum absolute atomic E-state index is 9.48. The zero-order valence-electron chi connectivity index (χ0n) is 14.7. The second kappa shape index (κ2) is 7.52. The Morgan fingerprint density at radius 2 is 1.92 bits per heavy atom. The number of aromatic nitrogens is 3. The number of anilines is 1. The highest BCUT2D eigenvalue weighted by atomic mass is 35.5. The monoisotopic (exact) mass is 391 g/mol. The molecule has 1 N–H and O–H groups in total. The lowest BCUT2D eigenvalue weighted by Crippen LogP contribution is -2.51. The number of rotatable bonds is 5. The molecule has 0 bridgehead atoms. The van der Waals surface area contributed by atoms with Crippen LogP contribution in [0.2, 0.25) is 5.02 Å². The summed E-state index contributed by atoms with van der Waals surface area (Å²) in [6.07, 6.45) is 2.95. The summed E-state index contributed by atoms with van der Waals surface area (Å²) in [5.74, 6) is 0. The molecule has 1 unspecified atom stereocenters. The second-order valence-electron chi connectivity index (χ2n) is 6.51. The fourth-order valence-corrected chi connectivity index (χ4v) is 4.42. The molecule has 1 aliphatic heterocycles. The van der Waals surface area contributed by atoms with Gasteiger partial charge in [0.05, 0.1) is 18.5 Å². The third-order valence-electron chi connectivity index (χ3n) is 4.96. The lowest BCUT2D eigenvalue weighted by molar-refractivity contribution is 0.114. The highest BCUT2D eigenvalue weighted by Crippen LogP contribution is 2.28. The van der Waals surface area contributed by atoms with Crippen LogP contribution in [0.15, 0.2) is 30.5 Å². The summed E-state index contributed by atoms with van der Waals surface area (Å²) >= 11 is 7.57. The number of fused-ring (bicyclic) bond motifs is 1. The van der Waals surface area contributed by atoms with Gasteiger partial charge in [-0.05, 0) is 18.6 Å². The third-order valence-corrected chi connectivity index (χ3v) is 6.19. The Morgan fingerprint density at radius 1 is 1.19 bits per heavy atom. The summed E-state index contributed by atoms with van der Waals surface area (Å²) in [7, 11) is 0. The van der Waals surface area contributed by atoms with Gasteiger partial charge in [-0.1, -0.05) is 42.0 Å². The number of nitrogens with zero attached hydrogens (tertiary/aromatic N) is 5. The Kier molecular flexibility index (Phi) is 5.13. The van der Waals surface area contributed by atoms with Crippen molar-refractivity contribution in [3.63, 3.8) is 0 Å². The quantitative estimate of drug-likeness (QED) is 0.724. The molecule has 1 atom stereocenters. The van der Waals surface area contributed by atoms with Crippen molar-refractivity contribution in [3.05, 3.63) is 35.5 Å². The van der Waals surface area contributed by atoms with E-state index in [9.17, 15) is 5.11 Å². The third kappa shape index (κ3) is 3.44. The standard InChI is InChI=1S/C18H22ClN5OS/c1-2-15(12-25)22-7-9-23(10-8-22)18-21-24-11-16(20-17(24)26-18)13-3-5-14(19)6-4-13/h3-6,11,15,25H,2,7-10,12H2,1H3. The van der Waals surface area contributed by atoms with Gasteiger partial charge in [-0.3, -0.25) is 4.90 Å². The number of aliphatic hydroxyl groups is 1. The first-order chi connectivity index (χ1) is 12.7. The van der Waals surface area contributed by atoms with Crippen LogP contribution in [0.25, 0.3) is 16.2 Å². The Hall–Kier alpha value is -1.67. The van der Waals surface area contributed by atoms with E-state index < -0.39 is 0 Å². The molecule has 8 heteroatoms. The van der Waals surface area contributed by atoms with Gasteiger partial charge in [-0.25, -0.2) is 9.50 Å². The molecule has 1 aromatic carbocycles. The topological polar surface area (TPSA) is 56.9 Å². The van der Waals surface area contributed by atoms with Crippen LogP contribution in [0, 0.1) is 0 Å². The molecule has 1 fully saturated rings. The molecule has 138 valence electrons. The largest absolute Gasteiger partial charge is 0.395 e. The van der Waals surface area contributed by atoms with Crippen molar-refractivity contribution in [2.24, 2.45) is 0 Å². The number of halogens is 1. The molecule has 1 aliphatic rings. The highest BCUT2D eigenvalue weighted by Gasteiger charge is 2.24. The van der Waals surface area contributed by atoms with E-state index in [4.69, 9.17) is 21.7 Å². The van der Waals surface area contributed by atoms with E-state index in [2.05, 4.69) is 16.7 Å². The van der Waals surface area contributed by atoms with Gasteiger partial charge in [0.25, 0.3) is 0 Å². The number of imidazole rings is 1. The molecule has 2 aromatic heterocycles. The molecule has 6 nitrogen and oxygen atoms in total. The van der Waals surface area contributed by atoms with Crippen LogP contribution in [0.1, 0.15) is 13.3 Å². The lowest BCUT2D eigenvalue weighted by Gasteiger charge is -2.38. The Morgan fingerprint density at radius 3 is 2.54 bits per heavy atom. The van der Waals surface area contributed by atoms with E-state index in [1.54, 1.807) is 11.3 Å². The van der Waals surface area contributed by atoms with E-state index in [-0.39, 0.29) is 12.6 Å². The molecule has 0 aliphatic carbocycles. The fraction of sp³-hybridized carbons (Fsp3) is 0.444. The van der Waals surface area contributed by atoms with Crippen LogP contribution in [0.4, 0.5) is 5.13 Å². The molecule has 26 heavy (non-hydrogen) atoms. The number of hydrogen-bond donors (Lipinski definition) is 1. The molecule has 4 rings (SSSR count). The van der Waals surface area contributed by atoms with Gasteiger partial charge in [0.1, 0.15) is 0 Å². The first kappa shape index (κ1) is 17.7. The highest BCUT2D eigenvalue weighted by molar-refractivity contribution is 7.20. The minimum absolute atomic E-state index is 0.231. The Bertz CT molecular complexity index is 834. The summed E-state index contributed by atoms with van der Waals surface area (Å²) in [5.41, 5.74) is 1.95. The van der Waals surface area contributed by atoms with Gasteiger partial charge in [0.15, 0.2) is 0 Å². The van der Waals surface area contributed by atoms with Crippen molar-refractivity contribution in [3.8, 4) is 11.3 Å². The van der Waals surface area contributed by atoms with Gasteiger partial charge in [0, 0.05) is 42.8 Å². The summed E-state index contributed by atoms with van der Waals surface area (Å²) < 4.78 is 1.86. The normalized spacial score (nSPS) is 17.1. The summed E-state index contributed by atoms with van der Waals surface area (Å²) in [5, 5.41) is 15.9. The molecule has 0 amide bonds. The van der Waals surface area contributed by atoms with Crippen LogP contribution in [-0.2, 0) is 0 Å². The maximum atomic E-state index is 9.48. The van der Waals surface area contributed by atoms with Crippen molar-refractivity contribution in [2.75, 3.05) is 37.7 Å². The fourth-order valence-electron chi connectivity index (χ4n) is 3.36. The van der Waals surface area contributed by atoms with Crippen LogP contribution < -0.4 is 4.90 Å². The molecular weight excluding hydrogens is 370 g/mol. The van der Waals surface area contributed by atoms with Gasteiger partial charge in [0.2, 0.25) is 10.1 Å². The van der Waals surface area contributed by atoms with E-state index >= 15 is 0 Å². The van der Waals surface area contributed by atoms with Crippen LogP contribution in [0.5, 0.6) is 0 Å². The van der Waals surface area contributed by atoms with Gasteiger partial charge >= 0.3 is 0 Å². The molecule has 1 saturated heterocycles. The van der Waals surface area contributed by atoms with E-state index in [1.165, 1.54) is 0 Å². The maximum Gasteiger partial charge on any atom is 0.214 e. The Labute approximate surface area is 161 Å². The van der Waals surface area contributed by atoms with Crippen LogP contribution in [-0.4, -0.2) is 63.4 Å². The number of aliphatic hydroxyl groups excluding tert-OH is 1. The summed E-state index contributed by atoms with van der Waals surface area (Å²) in [4.78, 5) is 10.3. The van der Waals surface area contributed by atoms with E-state index in [0.29, 0.717) is 0 Å². The first-order valence-electron chi connectivity index (χ1n) is 8.90.